The molecule has 4 nitrogen and oxygen atoms in total. The summed E-state index contributed by atoms with van der Waals surface area (Å²) in [6.45, 7) is 2.29. The standard InChI is InChI=1S/C12H23O.C3H7NO2.Na/c1-2-3-4-5-6-7-8-9-10-11-12-13;1-4-2-3(5)6;/h2-11H2,1H3;4H,2H2,1H3,(H,5,6);/q-1;;+1. The molecule has 0 saturated carbocycles. The summed E-state index contributed by atoms with van der Waals surface area (Å²) >= 11 is 0. The molecule has 0 saturated heterocycles. The fourth-order valence-electron chi connectivity index (χ4n) is 1.66. The van der Waals surface area contributed by atoms with E-state index in [-0.39, 0.29) is 36.1 Å². The largest absolute Gasteiger partial charge is 1.00 e. The SMILES string of the molecule is CCCCCCCCCCC[C-]=O.CNCC(=O)O.[Na+]. The quantitative estimate of drug-likeness (QED) is 0.309. The van der Waals surface area contributed by atoms with Crippen LogP contribution in [0.3, 0.4) is 0 Å². The first kappa shape index (κ1) is 25.1. The predicted octanol–water partition coefficient (Wildman–Crippen LogP) is 0.311. The van der Waals surface area contributed by atoms with Crippen molar-refractivity contribution in [1.29, 1.82) is 0 Å². The van der Waals surface area contributed by atoms with Gasteiger partial charge in [-0.1, -0.05) is 64.7 Å². The van der Waals surface area contributed by atoms with E-state index in [9.17, 15) is 9.59 Å². The molecule has 0 aliphatic heterocycles. The van der Waals surface area contributed by atoms with Crippen LogP contribution in [0.25, 0.3) is 0 Å². The van der Waals surface area contributed by atoms with Gasteiger partial charge in [0.25, 0.3) is 0 Å². The van der Waals surface area contributed by atoms with E-state index in [2.05, 4.69) is 12.2 Å². The molecule has 0 unspecified atom stereocenters. The average molecular weight is 295 g/mol. The van der Waals surface area contributed by atoms with Crippen molar-refractivity contribution in [3.05, 3.63) is 0 Å². The number of nitrogens with one attached hydrogen (secondary N) is 1. The summed E-state index contributed by atoms with van der Waals surface area (Å²) in [5.41, 5.74) is 0. The fourth-order valence-corrected chi connectivity index (χ4v) is 1.66. The van der Waals surface area contributed by atoms with Crippen LogP contribution in [-0.4, -0.2) is 31.0 Å². The average Bonchev–Trinajstić information content (AvgIpc) is 2.37. The van der Waals surface area contributed by atoms with Crippen molar-refractivity contribution in [2.75, 3.05) is 13.6 Å². The second-order valence-corrected chi connectivity index (χ2v) is 4.65. The number of hydrogen-bond donors (Lipinski definition) is 2. The molecule has 0 aliphatic carbocycles. The van der Waals surface area contributed by atoms with Crippen molar-refractivity contribution in [3.8, 4) is 0 Å². The monoisotopic (exact) mass is 295 g/mol. The minimum absolute atomic E-state index is 0. The van der Waals surface area contributed by atoms with Gasteiger partial charge >= 0.3 is 35.5 Å². The Hall–Kier alpha value is 0.100. The third-order valence-corrected chi connectivity index (χ3v) is 2.71. The maximum absolute atomic E-state index is 9.89. The number of likely N-dealkylation sites (N-methyl/N-ethyl adjacent to an activating group) is 1. The Morgan fingerprint density at radius 2 is 1.45 bits per heavy atom. The van der Waals surface area contributed by atoms with E-state index >= 15 is 0 Å². The summed E-state index contributed by atoms with van der Waals surface area (Å²) in [5.74, 6) is -0.822. The molecule has 0 heterocycles. The van der Waals surface area contributed by atoms with Gasteiger partial charge in [0, 0.05) is 0 Å². The van der Waals surface area contributed by atoms with Crippen LogP contribution in [0.15, 0.2) is 0 Å². The number of rotatable bonds is 12. The zero-order valence-corrected chi connectivity index (χ0v) is 15.5. The summed E-state index contributed by atoms with van der Waals surface area (Å²) in [6.07, 6.45) is 14.4. The molecule has 0 amide bonds. The summed E-state index contributed by atoms with van der Waals surface area (Å²) in [4.78, 5) is 19.4. The minimum Gasteiger partial charge on any atom is -0.542 e. The Bertz CT molecular complexity index is 202. The van der Waals surface area contributed by atoms with Crippen LogP contribution in [-0.2, 0) is 9.59 Å². The minimum atomic E-state index is -0.822. The molecule has 5 heteroatoms. The first-order valence-electron chi connectivity index (χ1n) is 7.40. The number of carboxylic acids is 1. The van der Waals surface area contributed by atoms with Crippen LogP contribution in [0.5, 0.6) is 0 Å². The number of hydrogen-bond acceptors (Lipinski definition) is 3. The molecule has 0 fully saturated rings. The number of carbonyl (C=O) groups is 1. The summed E-state index contributed by atoms with van der Waals surface area (Å²) in [5, 5.41) is 10.3. The van der Waals surface area contributed by atoms with Gasteiger partial charge < -0.3 is 15.2 Å². The van der Waals surface area contributed by atoms with Gasteiger partial charge in [-0.25, -0.2) is 0 Å². The van der Waals surface area contributed by atoms with Crippen LogP contribution in [0, 0.1) is 0 Å². The van der Waals surface area contributed by atoms with Crippen molar-refractivity contribution in [1.82, 2.24) is 5.32 Å². The van der Waals surface area contributed by atoms with Gasteiger partial charge in [0.1, 0.15) is 0 Å². The third kappa shape index (κ3) is 30.8. The Balaban J connectivity index is -0.000000352. The topological polar surface area (TPSA) is 66.4 Å². The van der Waals surface area contributed by atoms with Crippen LogP contribution >= 0.6 is 0 Å². The van der Waals surface area contributed by atoms with E-state index in [0.29, 0.717) is 6.42 Å². The first-order chi connectivity index (χ1) is 9.18. The molecule has 0 bridgehead atoms. The van der Waals surface area contributed by atoms with E-state index in [0.717, 1.165) is 6.42 Å². The summed E-state index contributed by atoms with van der Waals surface area (Å²) < 4.78 is 0. The zero-order chi connectivity index (χ0) is 14.8. The van der Waals surface area contributed by atoms with Gasteiger partial charge in [0.05, 0.1) is 6.54 Å². The smallest absolute Gasteiger partial charge is 0.542 e. The van der Waals surface area contributed by atoms with Gasteiger partial charge in [0.2, 0.25) is 0 Å². The van der Waals surface area contributed by atoms with E-state index in [1.807, 2.05) is 6.29 Å². The van der Waals surface area contributed by atoms with E-state index in [1.165, 1.54) is 51.4 Å². The molecule has 0 aromatic heterocycles. The van der Waals surface area contributed by atoms with Gasteiger partial charge in [-0.15, -0.1) is 0 Å². The second-order valence-electron chi connectivity index (χ2n) is 4.65. The molecule has 20 heavy (non-hydrogen) atoms. The number of carboxylic acid groups (broad SMARTS) is 1. The maximum atomic E-state index is 9.89. The first-order valence-corrected chi connectivity index (χ1v) is 7.40. The Morgan fingerprint density at radius 3 is 1.75 bits per heavy atom. The van der Waals surface area contributed by atoms with Gasteiger partial charge in [-0.2, -0.15) is 6.42 Å². The Labute approximate surface area is 146 Å². The molecule has 0 atom stereocenters. The normalized spacial score (nSPS) is 9.10. The van der Waals surface area contributed by atoms with Crippen molar-refractivity contribution in [2.24, 2.45) is 0 Å². The zero-order valence-electron chi connectivity index (χ0n) is 13.5. The second kappa shape index (κ2) is 24.1. The Morgan fingerprint density at radius 1 is 1.00 bits per heavy atom. The van der Waals surface area contributed by atoms with Gasteiger partial charge in [-0.3, -0.25) is 11.1 Å². The molecular formula is C15H30NNaO3. The molecule has 114 valence electrons. The molecule has 0 spiro atoms. The number of unbranched alkanes of at least 4 members (excludes halogenated alkanes) is 9. The predicted molar refractivity (Wildman–Crippen MR) is 79.1 cm³/mol. The van der Waals surface area contributed by atoms with E-state index < -0.39 is 5.97 Å². The van der Waals surface area contributed by atoms with Gasteiger partial charge in [0.15, 0.2) is 0 Å². The number of carbonyl (C=O) groups excluding carboxylic acids is 1. The molecule has 2 N–H and O–H groups in total. The van der Waals surface area contributed by atoms with Crippen LogP contribution < -0.4 is 34.9 Å². The van der Waals surface area contributed by atoms with Crippen LogP contribution in [0.1, 0.15) is 71.1 Å². The van der Waals surface area contributed by atoms with Crippen molar-refractivity contribution < 1.29 is 44.3 Å². The summed E-state index contributed by atoms with van der Waals surface area (Å²) in [6, 6.07) is 0. The Kier molecular flexibility index (Phi) is 30.3. The van der Waals surface area contributed by atoms with E-state index in [1.54, 1.807) is 7.05 Å². The van der Waals surface area contributed by atoms with Crippen LogP contribution in [0.4, 0.5) is 0 Å². The molecule has 0 radical (unpaired) electrons. The van der Waals surface area contributed by atoms with Crippen LogP contribution in [0.2, 0.25) is 0 Å². The van der Waals surface area contributed by atoms with Crippen molar-refractivity contribution in [2.45, 2.75) is 71.1 Å². The number of aliphatic carboxylic acids is 1. The van der Waals surface area contributed by atoms with E-state index in [4.69, 9.17) is 5.11 Å². The summed E-state index contributed by atoms with van der Waals surface area (Å²) in [7, 11) is 1.59. The molecule has 0 aromatic carbocycles. The molecular weight excluding hydrogens is 265 g/mol. The molecule has 0 rings (SSSR count). The third-order valence-electron chi connectivity index (χ3n) is 2.71. The molecule has 0 aromatic rings. The van der Waals surface area contributed by atoms with Gasteiger partial charge in [-0.05, 0) is 7.05 Å². The maximum Gasteiger partial charge on any atom is 1.00 e. The molecule has 0 aliphatic rings. The fraction of sp³-hybridized carbons (Fsp3) is 0.867. The van der Waals surface area contributed by atoms with Crippen molar-refractivity contribution >= 4 is 12.3 Å². The van der Waals surface area contributed by atoms with Crippen molar-refractivity contribution in [3.63, 3.8) is 0 Å².